The number of hydrazone groups is 1. The minimum absolute atomic E-state index is 0.00703. The molecule has 0 bridgehead atoms. The fourth-order valence-corrected chi connectivity index (χ4v) is 2.62. The summed E-state index contributed by atoms with van der Waals surface area (Å²) in [5.74, 6) is -0.778. The molecule has 0 saturated carbocycles. The second-order valence-electron chi connectivity index (χ2n) is 6.35. The van der Waals surface area contributed by atoms with Crippen molar-refractivity contribution < 1.29 is 23.5 Å². The summed E-state index contributed by atoms with van der Waals surface area (Å²) in [5.41, 5.74) is 2.72. The van der Waals surface area contributed by atoms with Gasteiger partial charge in [-0.05, 0) is 42.5 Å². The number of nitrogens with zero attached hydrogens (tertiary/aromatic N) is 1. The number of carbonyl (C=O) groups is 3. The highest BCUT2D eigenvalue weighted by atomic mass is 35.5. The second kappa shape index (κ2) is 11.3. The van der Waals surface area contributed by atoms with E-state index in [4.69, 9.17) is 20.8 Å². The van der Waals surface area contributed by atoms with Crippen LogP contribution in [0, 0.1) is 0 Å². The molecular weight excluding hydrogens is 436 g/mol. The lowest BCUT2D eigenvalue weighted by Crippen LogP contribution is -2.34. The fourth-order valence-electron chi connectivity index (χ4n) is 2.43. The van der Waals surface area contributed by atoms with E-state index in [9.17, 15) is 14.4 Å². The molecular formula is C22H19ClN4O5. The molecule has 2 aromatic carbocycles. The average molecular weight is 455 g/mol. The summed E-state index contributed by atoms with van der Waals surface area (Å²) in [6.07, 6.45) is 1.30. The zero-order valence-electron chi connectivity index (χ0n) is 16.7. The van der Waals surface area contributed by atoms with Gasteiger partial charge >= 0.3 is 11.8 Å². The summed E-state index contributed by atoms with van der Waals surface area (Å²) in [4.78, 5) is 35.6. The van der Waals surface area contributed by atoms with Crippen molar-refractivity contribution in [3.8, 4) is 5.75 Å². The minimum atomic E-state index is -0.832. The summed E-state index contributed by atoms with van der Waals surface area (Å²) in [5, 5.41) is 9.11. The van der Waals surface area contributed by atoms with E-state index in [1.54, 1.807) is 54.6 Å². The van der Waals surface area contributed by atoms with Crippen molar-refractivity contribution in [3.63, 3.8) is 0 Å². The first-order valence-corrected chi connectivity index (χ1v) is 9.80. The van der Waals surface area contributed by atoms with E-state index in [1.165, 1.54) is 12.3 Å². The lowest BCUT2D eigenvalue weighted by atomic mass is 10.3. The van der Waals surface area contributed by atoms with Crippen molar-refractivity contribution >= 4 is 41.2 Å². The summed E-state index contributed by atoms with van der Waals surface area (Å²) in [7, 11) is 0. The Morgan fingerprint density at radius 3 is 2.59 bits per heavy atom. The fraction of sp³-hybridized carbons (Fsp3) is 0.0909. The van der Waals surface area contributed by atoms with E-state index in [0.29, 0.717) is 28.0 Å². The molecule has 10 heteroatoms. The molecule has 1 heterocycles. The summed E-state index contributed by atoms with van der Waals surface area (Å²) >= 11 is 5.84. The molecule has 3 rings (SSSR count). The van der Waals surface area contributed by atoms with E-state index in [2.05, 4.69) is 21.2 Å². The molecule has 9 nitrogen and oxygen atoms in total. The molecule has 164 valence electrons. The summed E-state index contributed by atoms with van der Waals surface area (Å²) in [6.45, 7) is -0.193. The van der Waals surface area contributed by atoms with Gasteiger partial charge in [-0.25, -0.2) is 5.43 Å². The molecule has 3 amide bonds. The van der Waals surface area contributed by atoms with Crippen LogP contribution in [0.4, 0.5) is 5.69 Å². The number of furan rings is 1. The van der Waals surface area contributed by atoms with E-state index in [0.717, 1.165) is 0 Å². The standard InChI is InChI=1S/C22H19ClN4O5/c23-15-5-4-6-16(11-15)26-22(30)21(29)24-12-18-9-10-19(32-18)13-25-27-20(28)14-31-17-7-2-1-3-8-17/h1-11,13H,12,14H2,(H,24,29)(H,26,30)(H,27,28)/b25-13-. The highest BCUT2D eigenvalue weighted by Gasteiger charge is 2.14. The van der Waals surface area contributed by atoms with Gasteiger partial charge in [0.1, 0.15) is 17.3 Å². The molecule has 1 aromatic heterocycles. The maximum Gasteiger partial charge on any atom is 0.313 e. The van der Waals surface area contributed by atoms with Gasteiger partial charge in [0.15, 0.2) is 6.61 Å². The molecule has 0 aliphatic rings. The third-order valence-corrected chi connectivity index (χ3v) is 4.12. The van der Waals surface area contributed by atoms with Crippen LogP contribution in [0.2, 0.25) is 5.02 Å². The van der Waals surface area contributed by atoms with Crippen LogP contribution in [-0.4, -0.2) is 30.5 Å². The van der Waals surface area contributed by atoms with E-state index in [1.807, 2.05) is 6.07 Å². The normalized spacial score (nSPS) is 10.5. The van der Waals surface area contributed by atoms with Gasteiger partial charge in [-0.15, -0.1) is 0 Å². The number of hydrogen-bond donors (Lipinski definition) is 3. The van der Waals surface area contributed by atoms with Crippen LogP contribution < -0.4 is 20.8 Å². The van der Waals surface area contributed by atoms with Crippen LogP contribution in [0.5, 0.6) is 5.75 Å². The number of rotatable bonds is 8. The van der Waals surface area contributed by atoms with Gasteiger partial charge in [-0.3, -0.25) is 14.4 Å². The van der Waals surface area contributed by atoms with Crippen LogP contribution in [0.3, 0.4) is 0 Å². The lowest BCUT2D eigenvalue weighted by molar-refractivity contribution is -0.136. The Bertz CT molecular complexity index is 1110. The number of anilines is 1. The topological polar surface area (TPSA) is 122 Å². The van der Waals surface area contributed by atoms with Crippen molar-refractivity contribution in [1.82, 2.24) is 10.7 Å². The van der Waals surface area contributed by atoms with Gasteiger partial charge in [0, 0.05) is 10.7 Å². The van der Waals surface area contributed by atoms with Gasteiger partial charge < -0.3 is 19.8 Å². The van der Waals surface area contributed by atoms with Gasteiger partial charge in [0.25, 0.3) is 5.91 Å². The quantitative estimate of drug-likeness (QED) is 0.274. The number of carbonyl (C=O) groups excluding carboxylic acids is 3. The predicted octanol–water partition coefficient (Wildman–Crippen LogP) is 2.72. The SMILES string of the molecule is O=C(COc1ccccc1)N/N=C\c1ccc(CNC(=O)C(=O)Nc2cccc(Cl)c2)o1. The van der Waals surface area contributed by atoms with Gasteiger partial charge in [0.05, 0.1) is 12.8 Å². The second-order valence-corrected chi connectivity index (χ2v) is 6.78. The molecule has 0 radical (unpaired) electrons. The monoisotopic (exact) mass is 454 g/mol. The van der Waals surface area contributed by atoms with Crippen LogP contribution in [0.1, 0.15) is 11.5 Å². The molecule has 0 aliphatic carbocycles. The first-order valence-electron chi connectivity index (χ1n) is 9.43. The number of halogens is 1. The Labute approximate surface area is 188 Å². The molecule has 0 fully saturated rings. The average Bonchev–Trinajstić information content (AvgIpc) is 3.24. The number of ether oxygens (including phenoxy) is 1. The largest absolute Gasteiger partial charge is 0.484 e. The molecule has 3 aromatic rings. The molecule has 0 unspecified atom stereocenters. The smallest absolute Gasteiger partial charge is 0.313 e. The van der Waals surface area contributed by atoms with Crippen molar-refractivity contribution in [1.29, 1.82) is 0 Å². The molecule has 0 saturated heterocycles. The van der Waals surface area contributed by atoms with Gasteiger partial charge in [-0.1, -0.05) is 35.9 Å². The Morgan fingerprint density at radius 2 is 1.81 bits per heavy atom. The Hall–Kier alpha value is -4.11. The van der Waals surface area contributed by atoms with Gasteiger partial charge in [-0.2, -0.15) is 5.10 Å². The van der Waals surface area contributed by atoms with Crippen molar-refractivity contribution in [3.05, 3.63) is 83.3 Å². The Morgan fingerprint density at radius 1 is 1.00 bits per heavy atom. The van der Waals surface area contributed by atoms with E-state index < -0.39 is 17.7 Å². The first-order chi connectivity index (χ1) is 15.5. The van der Waals surface area contributed by atoms with Crippen LogP contribution in [0.15, 0.2) is 76.2 Å². The van der Waals surface area contributed by atoms with Crippen molar-refractivity contribution in [2.45, 2.75) is 6.54 Å². The zero-order chi connectivity index (χ0) is 22.8. The number of nitrogens with one attached hydrogen (secondary N) is 3. The third-order valence-electron chi connectivity index (χ3n) is 3.89. The minimum Gasteiger partial charge on any atom is -0.484 e. The Kier molecular flexibility index (Phi) is 7.99. The highest BCUT2D eigenvalue weighted by molar-refractivity contribution is 6.39. The van der Waals surface area contributed by atoms with Crippen LogP contribution in [-0.2, 0) is 20.9 Å². The van der Waals surface area contributed by atoms with Gasteiger partial charge in [0.2, 0.25) is 0 Å². The number of benzene rings is 2. The van der Waals surface area contributed by atoms with E-state index in [-0.39, 0.29) is 13.2 Å². The summed E-state index contributed by atoms with van der Waals surface area (Å²) < 4.78 is 10.8. The van der Waals surface area contributed by atoms with Crippen LogP contribution in [0.25, 0.3) is 0 Å². The number of para-hydroxylation sites is 1. The number of hydrogen-bond acceptors (Lipinski definition) is 6. The maximum atomic E-state index is 11.9. The van der Waals surface area contributed by atoms with Crippen molar-refractivity contribution in [2.75, 3.05) is 11.9 Å². The van der Waals surface area contributed by atoms with E-state index >= 15 is 0 Å². The molecule has 0 aliphatic heterocycles. The number of amides is 3. The lowest BCUT2D eigenvalue weighted by Gasteiger charge is -2.05. The Balaban J connectivity index is 1.39. The highest BCUT2D eigenvalue weighted by Crippen LogP contribution is 2.14. The summed E-state index contributed by atoms with van der Waals surface area (Å²) in [6, 6.07) is 18.6. The predicted molar refractivity (Wildman–Crippen MR) is 118 cm³/mol. The third kappa shape index (κ3) is 7.29. The van der Waals surface area contributed by atoms with Crippen LogP contribution >= 0.6 is 11.6 Å². The maximum absolute atomic E-state index is 11.9. The first kappa shape index (κ1) is 22.6. The molecule has 0 atom stereocenters. The van der Waals surface area contributed by atoms with Crippen molar-refractivity contribution in [2.24, 2.45) is 5.10 Å². The molecule has 0 spiro atoms. The zero-order valence-corrected chi connectivity index (χ0v) is 17.5. The molecule has 32 heavy (non-hydrogen) atoms. The molecule has 3 N–H and O–H groups in total.